The molecule has 0 saturated heterocycles. The van der Waals surface area contributed by atoms with E-state index in [0.717, 1.165) is 19.1 Å². The molecule has 4 nitrogen and oxygen atoms in total. The van der Waals surface area contributed by atoms with Gasteiger partial charge >= 0.3 is 0 Å². The van der Waals surface area contributed by atoms with E-state index in [1.54, 1.807) is 0 Å². The Morgan fingerprint density at radius 2 is 2.06 bits per heavy atom. The molecule has 0 amide bonds. The van der Waals surface area contributed by atoms with Crippen LogP contribution in [-0.4, -0.2) is 10.7 Å². The monoisotopic (exact) mass is 249 g/mol. The summed E-state index contributed by atoms with van der Waals surface area (Å²) < 4.78 is 24.8. The predicted molar refractivity (Wildman–Crippen MR) is 53.1 cm³/mol. The zero-order valence-corrected chi connectivity index (χ0v) is 8.79. The van der Waals surface area contributed by atoms with E-state index >= 15 is 0 Å². The maximum absolute atomic E-state index is 12.4. The van der Waals surface area contributed by atoms with E-state index in [1.807, 2.05) is 0 Å². The van der Waals surface area contributed by atoms with E-state index < -0.39 is 39.0 Å². The quantitative estimate of drug-likeness (QED) is 0.469. The van der Waals surface area contributed by atoms with Crippen LogP contribution in [-0.2, 0) is 0 Å². The van der Waals surface area contributed by atoms with Crippen molar-refractivity contribution in [1.82, 2.24) is 0 Å². The largest absolute Gasteiger partial charge is 0.298 e. The number of nitro benzene ring substituents is 1. The minimum Gasteiger partial charge on any atom is -0.294 e. The van der Waals surface area contributed by atoms with Crippen LogP contribution in [0, 0.1) is 10.1 Å². The van der Waals surface area contributed by atoms with Crippen molar-refractivity contribution in [3.05, 3.63) is 38.4 Å². The molecule has 0 unspecified atom stereocenters. The molecule has 0 atom stereocenters. The van der Waals surface area contributed by atoms with Crippen molar-refractivity contribution in [3.63, 3.8) is 0 Å². The normalized spacial score (nSPS) is 10.6. The van der Waals surface area contributed by atoms with Gasteiger partial charge in [-0.1, -0.05) is 11.6 Å². The van der Waals surface area contributed by atoms with Gasteiger partial charge in [-0.25, -0.2) is 8.78 Å². The summed E-state index contributed by atoms with van der Waals surface area (Å²) in [4.78, 5) is 20.8. The number of hydrogen-bond donors (Lipinski definition) is 0. The molecule has 0 N–H and O–H groups in total. The molecule has 0 heterocycles. The summed E-state index contributed by atoms with van der Waals surface area (Å²) in [6, 6.07) is 1.58. The molecule has 16 heavy (non-hydrogen) atoms. The van der Waals surface area contributed by atoms with Crippen LogP contribution in [0.3, 0.4) is 0 Å². The van der Waals surface area contributed by atoms with E-state index in [4.69, 9.17) is 11.6 Å². The fourth-order valence-electron chi connectivity index (χ4n) is 1.20. The molecule has 0 saturated carbocycles. The van der Waals surface area contributed by atoms with Gasteiger partial charge in [-0.2, -0.15) is 0 Å². The second-order valence-corrected chi connectivity index (χ2v) is 3.42. The average molecular weight is 250 g/mol. The Morgan fingerprint density at radius 3 is 2.44 bits per heavy atom. The molecule has 1 aromatic rings. The fourth-order valence-corrected chi connectivity index (χ4v) is 1.50. The number of alkyl halides is 2. The fraction of sp³-hybridized carbons (Fsp3) is 0.222. The van der Waals surface area contributed by atoms with Crippen molar-refractivity contribution in [2.75, 3.05) is 0 Å². The number of benzene rings is 1. The minimum absolute atomic E-state index is 0.409. The van der Waals surface area contributed by atoms with Crippen molar-refractivity contribution in [2.45, 2.75) is 13.3 Å². The molecular formula is C9H6ClF2NO3. The van der Waals surface area contributed by atoms with Crippen LogP contribution in [0.2, 0.25) is 5.02 Å². The van der Waals surface area contributed by atoms with E-state index in [1.165, 1.54) is 0 Å². The first kappa shape index (κ1) is 12.5. The van der Waals surface area contributed by atoms with Crippen molar-refractivity contribution in [2.24, 2.45) is 0 Å². The number of ketones is 1. The van der Waals surface area contributed by atoms with E-state index in [9.17, 15) is 23.7 Å². The lowest BCUT2D eigenvalue weighted by atomic mass is 10.1. The van der Waals surface area contributed by atoms with Gasteiger partial charge in [0, 0.05) is 5.56 Å². The van der Waals surface area contributed by atoms with Crippen molar-refractivity contribution >= 4 is 23.1 Å². The van der Waals surface area contributed by atoms with Gasteiger partial charge in [0.2, 0.25) is 0 Å². The van der Waals surface area contributed by atoms with Gasteiger partial charge in [0.15, 0.2) is 5.78 Å². The summed E-state index contributed by atoms with van der Waals surface area (Å²) in [7, 11) is 0. The van der Waals surface area contributed by atoms with Crippen LogP contribution in [0.1, 0.15) is 29.3 Å². The second-order valence-electron chi connectivity index (χ2n) is 3.01. The average Bonchev–Trinajstić information content (AvgIpc) is 2.15. The standard InChI is InChI=1S/C9H6ClF2NO3/c1-4(14)6-2-5(9(11)12)3-7(10)8(6)13(15)16/h2-3,9H,1H3. The Bertz CT molecular complexity index is 462. The molecule has 0 aromatic heterocycles. The summed E-state index contributed by atoms with van der Waals surface area (Å²) in [5, 5.41) is 10.1. The van der Waals surface area contributed by atoms with E-state index in [2.05, 4.69) is 0 Å². The number of hydrogen-bond acceptors (Lipinski definition) is 3. The summed E-state index contributed by atoms with van der Waals surface area (Å²) in [5.74, 6) is -0.684. The van der Waals surface area contributed by atoms with Crippen LogP contribution in [0.15, 0.2) is 12.1 Å². The molecular weight excluding hydrogens is 244 g/mol. The summed E-state index contributed by atoms with van der Waals surface area (Å²) >= 11 is 5.49. The highest BCUT2D eigenvalue weighted by Crippen LogP contribution is 2.33. The molecule has 0 radical (unpaired) electrons. The van der Waals surface area contributed by atoms with Gasteiger partial charge in [-0.15, -0.1) is 0 Å². The Morgan fingerprint density at radius 1 is 1.50 bits per heavy atom. The van der Waals surface area contributed by atoms with Crippen LogP contribution in [0.4, 0.5) is 14.5 Å². The van der Waals surface area contributed by atoms with Crippen molar-refractivity contribution in [3.8, 4) is 0 Å². The Kier molecular flexibility index (Phi) is 3.54. The topological polar surface area (TPSA) is 60.2 Å². The lowest BCUT2D eigenvalue weighted by molar-refractivity contribution is -0.385. The first-order chi connectivity index (χ1) is 7.34. The van der Waals surface area contributed by atoms with Crippen LogP contribution < -0.4 is 0 Å². The van der Waals surface area contributed by atoms with Crippen LogP contribution in [0.5, 0.6) is 0 Å². The van der Waals surface area contributed by atoms with Gasteiger partial charge in [0.25, 0.3) is 12.1 Å². The molecule has 1 aromatic carbocycles. The molecule has 0 aliphatic heterocycles. The summed E-state index contributed by atoms with van der Waals surface area (Å²) in [6.45, 7) is 1.05. The molecule has 0 fully saturated rings. The smallest absolute Gasteiger partial charge is 0.294 e. The SMILES string of the molecule is CC(=O)c1cc(C(F)F)cc(Cl)c1[N+](=O)[O-]. The Balaban J connectivity index is 3.52. The van der Waals surface area contributed by atoms with Crippen molar-refractivity contribution < 1.29 is 18.5 Å². The lowest BCUT2D eigenvalue weighted by Crippen LogP contribution is -2.02. The molecule has 1 rings (SSSR count). The van der Waals surface area contributed by atoms with Crippen LogP contribution in [0.25, 0.3) is 0 Å². The molecule has 0 aliphatic carbocycles. The summed E-state index contributed by atoms with van der Waals surface area (Å²) in [5.41, 5.74) is -1.56. The number of carbonyl (C=O) groups excluding carboxylic acids is 1. The summed E-state index contributed by atoms with van der Waals surface area (Å²) in [6.07, 6.45) is -2.84. The maximum Gasteiger partial charge on any atom is 0.298 e. The number of nitrogens with zero attached hydrogens (tertiary/aromatic N) is 1. The highest BCUT2D eigenvalue weighted by Gasteiger charge is 2.24. The number of carbonyl (C=O) groups is 1. The molecule has 7 heteroatoms. The molecule has 86 valence electrons. The van der Waals surface area contributed by atoms with Crippen molar-refractivity contribution in [1.29, 1.82) is 0 Å². The number of rotatable bonds is 3. The molecule has 0 bridgehead atoms. The number of Topliss-reactive ketones (excluding diaryl/α,β-unsaturated/α-hetero) is 1. The highest BCUT2D eigenvalue weighted by molar-refractivity contribution is 6.33. The first-order valence-electron chi connectivity index (χ1n) is 4.11. The maximum atomic E-state index is 12.4. The lowest BCUT2D eigenvalue weighted by Gasteiger charge is -2.05. The number of halogens is 3. The zero-order valence-electron chi connectivity index (χ0n) is 8.04. The van der Waals surface area contributed by atoms with E-state index in [-0.39, 0.29) is 0 Å². The molecule has 0 spiro atoms. The van der Waals surface area contributed by atoms with Crippen LogP contribution >= 0.6 is 11.6 Å². The predicted octanol–water partition coefficient (Wildman–Crippen LogP) is 3.39. The number of nitro groups is 1. The third-order valence-electron chi connectivity index (χ3n) is 1.90. The highest BCUT2D eigenvalue weighted by atomic mass is 35.5. The zero-order chi connectivity index (χ0) is 12.5. The van der Waals surface area contributed by atoms with Gasteiger partial charge < -0.3 is 0 Å². The third-order valence-corrected chi connectivity index (χ3v) is 2.19. The van der Waals surface area contributed by atoms with Gasteiger partial charge in [-0.05, 0) is 19.1 Å². The Hall–Kier alpha value is -1.56. The molecule has 0 aliphatic rings. The minimum atomic E-state index is -2.84. The van der Waals surface area contributed by atoms with Gasteiger partial charge in [-0.3, -0.25) is 14.9 Å². The first-order valence-corrected chi connectivity index (χ1v) is 4.49. The van der Waals surface area contributed by atoms with E-state index in [0.29, 0.717) is 0 Å². The Labute approximate surface area is 94.0 Å². The second kappa shape index (κ2) is 4.52. The van der Waals surface area contributed by atoms with Gasteiger partial charge in [0.1, 0.15) is 5.02 Å². The third kappa shape index (κ3) is 2.33. The van der Waals surface area contributed by atoms with Gasteiger partial charge in [0.05, 0.1) is 10.5 Å².